The lowest BCUT2D eigenvalue weighted by atomic mass is 10.0. The monoisotopic (exact) mass is 253 g/mol. The van der Waals surface area contributed by atoms with Gasteiger partial charge in [0.05, 0.1) is 5.60 Å². The van der Waals surface area contributed by atoms with E-state index in [0.717, 1.165) is 42.8 Å². The van der Waals surface area contributed by atoms with Gasteiger partial charge in [-0.25, -0.2) is 0 Å². The van der Waals surface area contributed by atoms with E-state index in [4.69, 9.17) is 11.6 Å². The van der Waals surface area contributed by atoms with Gasteiger partial charge in [-0.1, -0.05) is 36.6 Å². The molecule has 0 radical (unpaired) electrons. The quantitative estimate of drug-likeness (QED) is 0.865. The van der Waals surface area contributed by atoms with Crippen LogP contribution in [0.5, 0.6) is 0 Å². The molecule has 1 aliphatic carbocycles. The molecule has 3 heteroatoms. The summed E-state index contributed by atoms with van der Waals surface area (Å²) >= 11 is 6.16. The molecule has 1 aromatic carbocycles. The predicted molar refractivity (Wildman–Crippen MR) is 71.3 cm³/mol. The van der Waals surface area contributed by atoms with Crippen LogP contribution < -0.4 is 5.32 Å². The lowest BCUT2D eigenvalue weighted by Gasteiger charge is -2.22. The van der Waals surface area contributed by atoms with Crippen LogP contribution in [0.4, 0.5) is 0 Å². The van der Waals surface area contributed by atoms with Crippen molar-refractivity contribution < 1.29 is 5.11 Å². The molecule has 2 nitrogen and oxygen atoms in total. The van der Waals surface area contributed by atoms with Crippen molar-refractivity contribution in [1.29, 1.82) is 0 Å². The van der Waals surface area contributed by atoms with Crippen LogP contribution in [-0.4, -0.2) is 17.3 Å². The molecular weight excluding hydrogens is 234 g/mol. The fourth-order valence-electron chi connectivity index (χ4n) is 2.44. The summed E-state index contributed by atoms with van der Waals surface area (Å²) in [5.74, 6) is 0. The Morgan fingerprint density at radius 1 is 1.35 bits per heavy atom. The van der Waals surface area contributed by atoms with E-state index in [-0.39, 0.29) is 0 Å². The van der Waals surface area contributed by atoms with Crippen LogP contribution in [0.1, 0.15) is 36.8 Å². The number of benzene rings is 1. The van der Waals surface area contributed by atoms with Crippen molar-refractivity contribution in [2.45, 2.75) is 44.8 Å². The summed E-state index contributed by atoms with van der Waals surface area (Å²) in [4.78, 5) is 0. The van der Waals surface area contributed by atoms with Crippen LogP contribution in [0, 0.1) is 6.92 Å². The molecule has 1 fully saturated rings. The molecule has 1 saturated carbocycles. The van der Waals surface area contributed by atoms with Crippen molar-refractivity contribution in [3.8, 4) is 0 Å². The molecule has 1 aliphatic rings. The highest BCUT2D eigenvalue weighted by Gasteiger charge is 2.30. The standard InChI is InChI=1S/C14H20ClNO/c1-11-4-5-12(13(15)8-11)9-16-10-14(17)6-2-3-7-14/h4-5,8,16-17H,2-3,6-7,9-10H2,1H3. The number of hydrogen-bond donors (Lipinski definition) is 2. The van der Waals surface area contributed by atoms with Gasteiger partial charge in [0.25, 0.3) is 0 Å². The van der Waals surface area contributed by atoms with E-state index in [1.807, 2.05) is 19.1 Å². The average molecular weight is 254 g/mol. The Hall–Kier alpha value is -0.570. The third-order valence-electron chi connectivity index (χ3n) is 3.51. The Morgan fingerprint density at radius 2 is 2.06 bits per heavy atom. The van der Waals surface area contributed by atoms with Crippen LogP contribution in [0.2, 0.25) is 5.02 Å². The Labute approximate surface area is 108 Å². The van der Waals surface area contributed by atoms with Gasteiger partial charge >= 0.3 is 0 Å². The molecule has 94 valence electrons. The summed E-state index contributed by atoms with van der Waals surface area (Å²) in [5.41, 5.74) is 1.78. The lowest BCUT2D eigenvalue weighted by Crippen LogP contribution is -2.37. The summed E-state index contributed by atoms with van der Waals surface area (Å²) < 4.78 is 0. The van der Waals surface area contributed by atoms with Crippen LogP contribution >= 0.6 is 11.6 Å². The summed E-state index contributed by atoms with van der Waals surface area (Å²) in [6, 6.07) is 6.08. The molecule has 0 atom stereocenters. The maximum atomic E-state index is 10.2. The van der Waals surface area contributed by atoms with Gasteiger partial charge in [0.2, 0.25) is 0 Å². The average Bonchev–Trinajstić information content (AvgIpc) is 2.69. The zero-order valence-corrected chi connectivity index (χ0v) is 11.1. The molecule has 0 saturated heterocycles. The van der Waals surface area contributed by atoms with Crippen molar-refractivity contribution in [2.75, 3.05) is 6.54 Å². The molecule has 17 heavy (non-hydrogen) atoms. The van der Waals surface area contributed by atoms with Gasteiger partial charge in [0.1, 0.15) is 0 Å². The third kappa shape index (κ3) is 3.44. The molecule has 0 bridgehead atoms. The number of aryl methyl sites for hydroxylation is 1. The van der Waals surface area contributed by atoms with Crippen molar-refractivity contribution in [2.24, 2.45) is 0 Å². The summed E-state index contributed by atoms with van der Waals surface area (Å²) in [5, 5.41) is 14.3. The number of aliphatic hydroxyl groups is 1. The van der Waals surface area contributed by atoms with Crippen LogP contribution in [0.3, 0.4) is 0 Å². The van der Waals surface area contributed by atoms with Crippen LogP contribution in [-0.2, 0) is 6.54 Å². The van der Waals surface area contributed by atoms with E-state index < -0.39 is 5.60 Å². The minimum absolute atomic E-state index is 0.489. The Morgan fingerprint density at radius 3 is 2.71 bits per heavy atom. The summed E-state index contributed by atoms with van der Waals surface area (Å²) in [7, 11) is 0. The van der Waals surface area contributed by atoms with Gasteiger partial charge in [0, 0.05) is 18.1 Å². The van der Waals surface area contributed by atoms with Crippen LogP contribution in [0.15, 0.2) is 18.2 Å². The number of halogens is 1. The zero-order valence-electron chi connectivity index (χ0n) is 10.3. The van der Waals surface area contributed by atoms with E-state index in [1.165, 1.54) is 5.56 Å². The topological polar surface area (TPSA) is 32.3 Å². The summed E-state index contributed by atoms with van der Waals surface area (Å²) in [6.45, 7) is 3.42. The first-order valence-corrected chi connectivity index (χ1v) is 6.65. The molecule has 0 spiro atoms. The second kappa shape index (κ2) is 5.38. The largest absolute Gasteiger partial charge is 0.389 e. The second-order valence-corrected chi connectivity index (χ2v) is 5.54. The first-order chi connectivity index (χ1) is 8.09. The van der Waals surface area contributed by atoms with Crippen molar-refractivity contribution >= 4 is 11.6 Å². The smallest absolute Gasteiger partial charge is 0.0771 e. The van der Waals surface area contributed by atoms with Gasteiger partial charge in [0.15, 0.2) is 0 Å². The number of nitrogens with one attached hydrogen (secondary N) is 1. The van der Waals surface area contributed by atoms with Gasteiger partial charge in [-0.2, -0.15) is 0 Å². The molecule has 1 aromatic rings. The Balaban J connectivity index is 1.85. The van der Waals surface area contributed by atoms with Gasteiger partial charge in [-0.15, -0.1) is 0 Å². The number of hydrogen-bond acceptors (Lipinski definition) is 2. The van der Waals surface area contributed by atoms with Crippen molar-refractivity contribution in [1.82, 2.24) is 5.32 Å². The van der Waals surface area contributed by atoms with Crippen molar-refractivity contribution in [3.63, 3.8) is 0 Å². The van der Waals surface area contributed by atoms with E-state index in [2.05, 4.69) is 11.4 Å². The minimum Gasteiger partial charge on any atom is -0.389 e. The normalized spacial score (nSPS) is 18.5. The second-order valence-electron chi connectivity index (χ2n) is 5.13. The summed E-state index contributed by atoms with van der Waals surface area (Å²) in [6.07, 6.45) is 4.12. The van der Waals surface area contributed by atoms with E-state index in [1.54, 1.807) is 0 Å². The molecular formula is C14H20ClNO. The highest BCUT2D eigenvalue weighted by Crippen LogP contribution is 2.28. The maximum absolute atomic E-state index is 10.2. The number of rotatable bonds is 4. The SMILES string of the molecule is Cc1ccc(CNCC2(O)CCCC2)c(Cl)c1. The molecule has 0 heterocycles. The lowest BCUT2D eigenvalue weighted by molar-refractivity contribution is 0.0475. The fourth-order valence-corrected chi connectivity index (χ4v) is 2.74. The molecule has 2 N–H and O–H groups in total. The molecule has 2 rings (SSSR count). The Kier molecular flexibility index (Phi) is 4.08. The van der Waals surface area contributed by atoms with Gasteiger partial charge in [-0.05, 0) is 37.0 Å². The van der Waals surface area contributed by atoms with E-state index in [0.29, 0.717) is 6.54 Å². The highest BCUT2D eigenvalue weighted by molar-refractivity contribution is 6.31. The molecule has 0 aromatic heterocycles. The zero-order chi connectivity index (χ0) is 12.3. The van der Waals surface area contributed by atoms with Crippen molar-refractivity contribution in [3.05, 3.63) is 34.3 Å². The van der Waals surface area contributed by atoms with Gasteiger partial charge < -0.3 is 10.4 Å². The fraction of sp³-hybridized carbons (Fsp3) is 0.571. The minimum atomic E-state index is -0.489. The first kappa shape index (κ1) is 12.9. The maximum Gasteiger partial charge on any atom is 0.0771 e. The van der Waals surface area contributed by atoms with E-state index in [9.17, 15) is 5.11 Å². The van der Waals surface area contributed by atoms with Gasteiger partial charge in [-0.3, -0.25) is 0 Å². The molecule has 0 aliphatic heterocycles. The highest BCUT2D eigenvalue weighted by atomic mass is 35.5. The third-order valence-corrected chi connectivity index (χ3v) is 3.86. The van der Waals surface area contributed by atoms with Crippen LogP contribution in [0.25, 0.3) is 0 Å². The molecule has 0 amide bonds. The first-order valence-electron chi connectivity index (χ1n) is 6.27. The molecule has 0 unspecified atom stereocenters. The van der Waals surface area contributed by atoms with E-state index >= 15 is 0 Å². The predicted octanol–water partition coefficient (Wildman–Crippen LogP) is 3.04. The Bertz CT molecular complexity index is 386.